The van der Waals surface area contributed by atoms with Crippen molar-refractivity contribution in [2.24, 2.45) is 0 Å². The van der Waals surface area contributed by atoms with Crippen LogP contribution in [0.5, 0.6) is 0 Å². The molecule has 1 fully saturated rings. The van der Waals surface area contributed by atoms with Crippen molar-refractivity contribution >= 4 is 23.4 Å². The van der Waals surface area contributed by atoms with Crippen LogP contribution in [-0.4, -0.2) is 29.2 Å². The van der Waals surface area contributed by atoms with E-state index in [1.807, 2.05) is 35.2 Å². The van der Waals surface area contributed by atoms with Gasteiger partial charge in [-0.25, -0.2) is 0 Å². The number of carbonyl (C=O) groups excluding carboxylic acids is 3. The number of carbonyl (C=O) groups is 3. The first kappa shape index (κ1) is 18.6. The first-order chi connectivity index (χ1) is 13.0. The monoisotopic (exact) mass is 365 g/mol. The highest BCUT2D eigenvalue weighted by molar-refractivity contribution is 5.94. The third-order valence-corrected chi connectivity index (χ3v) is 4.46. The van der Waals surface area contributed by atoms with Crippen LogP contribution in [0.4, 0.5) is 5.69 Å². The van der Waals surface area contributed by atoms with Gasteiger partial charge >= 0.3 is 0 Å². The lowest BCUT2D eigenvalue weighted by molar-refractivity contribution is -0.128. The molecule has 2 N–H and O–H groups in total. The SMILES string of the molecule is CC(=O)Nc1cccc(CNC(=O)c2ccc(CN3CCCC3=O)cc2)c1. The maximum Gasteiger partial charge on any atom is 0.251 e. The van der Waals surface area contributed by atoms with Crippen molar-refractivity contribution < 1.29 is 14.4 Å². The van der Waals surface area contributed by atoms with Crippen molar-refractivity contribution in [3.63, 3.8) is 0 Å². The molecule has 0 bridgehead atoms. The minimum Gasteiger partial charge on any atom is -0.348 e. The summed E-state index contributed by atoms with van der Waals surface area (Å²) in [5.74, 6) is -0.103. The lowest BCUT2D eigenvalue weighted by Crippen LogP contribution is -2.24. The lowest BCUT2D eigenvalue weighted by Gasteiger charge is -2.15. The first-order valence-corrected chi connectivity index (χ1v) is 9.03. The number of hydrogen-bond donors (Lipinski definition) is 2. The average molecular weight is 365 g/mol. The van der Waals surface area contributed by atoms with Crippen LogP contribution in [0, 0.1) is 0 Å². The number of nitrogens with one attached hydrogen (secondary N) is 2. The van der Waals surface area contributed by atoms with E-state index in [9.17, 15) is 14.4 Å². The van der Waals surface area contributed by atoms with E-state index < -0.39 is 0 Å². The number of anilines is 1. The molecule has 140 valence electrons. The zero-order chi connectivity index (χ0) is 19.2. The Bertz CT molecular complexity index is 846. The zero-order valence-electron chi connectivity index (χ0n) is 15.3. The summed E-state index contributed by atoms with van der Waals surface area (Å²) < 4.78 is 0. The molecule has 6 nitrogen and oxygen atoms in total. The van der Waals surface area contributed by atoms with E-state index in [2.05, 4.69) is 10.6 Å². The second-order valence-corrected chi connectivity index (χ2v) is 6.68. The highest BCUT2D eigenvalue weighted by atomic mass is 16.2. The molecule has 0 spiro atoms. The Morgan fingerprint density at radius 2 is 1.85 bits per heavy atom. The predicted molar refractivity (Wildman–Crippen MR) is 103 cm³/mol. The summed E-state index contributed by atoms with van der Waals surface area (Å²) in [7, 11) is 0. The molecule has 0 atom stereocenters. The normalized spacial score (nSPS) is 13.5. The molecule has 0 aromatic heterocycles. The lowest BCUT2D eigenvalue weighted by atomic mass is 10.1. The second kappa shape index (κ2) is 8.49. The van der Waals surface area contributed by atoms with Crippen LogP contribution >= 0.6 is 0 Å². The van der Waals surface area contributed by atoms with Crippen molar-refractivity contribution in [1.29, 1.82) is 0 Å². The van der Waals surface area contributed by atoms with Crippen LogP contribution < -0.4 is 10.6 Å². The first-order valence-electron chi connectivity index (χ1n) is 9.03. The predicted octanol–water partition coefficient (Wildman–Crippen LogP) is 2.70. The molecule has 6 heteroatoms. The molecule has 0 aliphatic carbocycles. The maximum atomic E-state index is 12.3. The fourth-order valence-electron chi connectivity index (χ4n) is 3.10. The van der Waals surface area contributed by atoms with Crippen LogP contribution in [0.1, 0.15) is 41.3 Å². The van der Waals surface area contributed by atoms with Gasteiger partial charge in [0.2, 0.25) is 11.8 Å². The van der Waals surface area contributed by atoms with Gasteiger partial charge in [-0.3, -0.25) is 14.4 Å². The van der Waals surface area contributed by atoms with Gasteiger partial charge in [0.25, 0.3) is 5.91 Å². The highest BCUT2D eigenvalue weighted by Gasteiger charge is 2.19. The molecule has 27 heavy (non-hydrogen) atoms. The quantitative estimate of drug-likeness (QED) is 0.826. The Morgan fingerprint density at radius 3 is 2.52 bits per heavy atom. The topological polar surface area (TPSA) is 78.5 Å². The van der Waals surface area contributed by atoms with Gasteiger partial charge in [-0.05, 0) is 41.8 Å². The summed E-state index contributed by atoms with van der Waals surface area (Å²) in [6.45, 7) is 3.23. The van der Waals surface area contributed by atoms with Crippen LogP contribution in [0.2, 0.25) is 0 Å². The number of rotatable bonds is 6. The third-order valence-electron chi connectivity index (χ3n) is 4.46. The molecular formula is C21H23N3O3. The molecule has 3 amide bonds. The maximum absolute atomic E-state index is 12.3. The van der Waals surface area contributed by atoms with E-state index in [-0.39, 0.29) is 17.7 Å². The number of nitrogens with zero attached hydrogens (tertiary/aromatic N) is 1. The highest BCUT2D eigenvalue weighted by Crippen LogP contribution is 2.15. The number of benzene rings is 2. The van der Waals surface area contributed by atoms with Crippen molar-refractivity contribution in [3.05, 3.63) is 65.2 Å². The smallest absolute Gasteiger partial charge is 0.251 e. The standard InChI is InChI=1S/C21H23N3O3/c1-15(25)23-19-5-2-4-17(12-19)13-22-21(27)18-9-7-16(8-10-18)14-24-11-3-6-20(24)26/h2,4-5,7-10,12H,3,6,11,13-14H2,1H3,(H,22,27)(H,23,25). The molecule has 0 unspecified atom stereocenters. The fraction of sp³-hybridized carbons (Fsp3) is 0.286. The van der Waals surface area contributed by atoms with E-state index >= 15 is 0 Å². The van der Waals surface area contributed by atoms with Gasteiger partial charge in [-0.15, -0.1) is 0 Å². The molecule has 1 aliphatic heterocycles. The van der Waals surface area contributed by atoms with Crippen molar-refractivity contribution in [2.75, 3.05) is 11.9 Å². The van der Waals surface area contributed by atoms with Crippen LogP contribution in [0.3, 0.4) is 0 Å². The van der Waals surface area contributed by atoms with Gasteiger partial charge in [-0.1, -0.05) is 24.3 Å². The Morgan fingerprint density at radius 1 is 1.07 bits per heavy atom. The van der Waals surface area contributed by atoms with Gasteiger partial charge in [0, 0.05) is 44.2 Å². The summed E-state index contributed by atoms with van der Waals surface area (Å²) in [5, 5.41) is 5.60. The molecule has 0 radical (unpaired) electrons. The molecule has 1 heterocycles. The van der Waals surface area contributed by atoms with E-state index in [1.165, 1.54) is 6.92 Å². The third kappa shape index (κ3) is 5.17. The average Bonchev–Trinajstić information content (AvgIpc) is 3.05. The van der Waals surface area contributed by atoms with Gasteiger partial charge in [0.15, 0.2) is 0 Å². The van der Waals surface area contributed by atoms with Crippen LogP contribution in [0.25, 0.3) is 0 Å². The molecule has 3 rings (SSSR count). The van der Waals surface area contributed by atoms with E-state index in [0.717, 1.165) is 24.1 Å². The second-order valence-electron chi connectivity index (χ2n) is 6.68. The Hall–Kier alpha value is -3.15. The Kier molecular flexibility index (Phi) is 5.86. The number of likely N-dealkylation sites (tertiary alicyclic amines) is 1. The van der Waals surface area contributed by atoms with Gasteiger partial charge in [0.1, 0.15) is 0 Å². The number of hydrogen-bond acceptors (Lipinski definition) is 3. The molecule has 0 saturated carbocycles. The summed E-state index contributed by atoms with van der Waals surface area (Å²) in [4.78, 5) is 37.0. The van der Waals surface area contributed by atoms with E-state index in [1.54, 1.807) is 18.2 Å². The molecule has 1 saturated heterocycles. The van der Waals surface area contributed by atoms with Crippen LogP contribution in [-0.2, 0) is 22.7 Å². The summed E-state index contributed by atoms with van der Waals surface area (Å²) >= 11 is 0. The van der Waals surface area contributed by atoms with Gasteiger partial charge < -0.3 is 15.5 Å². The molecule has 2 aromatic rings. The Labute approximate surface area is 158 Å². The molecular weight excluding hydrogens is 342 g/mol. The van der Waals surface area contributed by atoms with Gasteiger partial charge in [0.05, 0.1) is 0 Å². The molecule has 2 aromatic carbocycles. The Balaban J connectivity index is 1.55. The summed E-state index contributed by atoms with van der Waals surface area (Å²) in [5.41, 5.74) is 3.20. The van der Waals surface area contributed by atoms with E-state index in [0.29, 0.717) is 30.8 Å². The largest absolute Gasteiger partial charge is 0.348 e. The molecule has 1 aliphatic rings. The van der Waals surface area contributed by atoms with E-state index in [4.69, 9.17) is 0 Å². The summed E-state index contributed by atoms with van der Waals surface area (Å²) in [6.07, 6.45) is 1.55. The summed E-state index contributed by atoms with van der Waals surface area (Å²) in [6, 6.07) is 14.7. The zero-order valence-corrected chi connectivity index (χ0v) is 15.3. The van der Waals surface area contributed by atoms with Crippen molar-refractivity contribution in [2.45, 2.75) is 32.9 Å². The van der Waals surface area contributed by atoms with Crippen molar-refractivity contribution in [3.8, 4) is 0 Å². The van der Waals surface area contributed by atoms with Crippen molar-refractivity contribution in [1.82, 2.24) is 10.2 Å². The number of amides is 3. The minimum absolute atomic E-state index is 0.132. The van der Waals surface area contributed by atoms with Gasteiger partial charge in [-0.2, -0.15) is 0 Å². The fourth-order valence-corrected chi connectivity index (χ4v) is 3.10. The van der Waals surface area contributed by atoms with Crippen LogP contribution in [0.15, 0.2) is 48.5 Å². The minimum atomic E-state index is -0.163.